The predicted molar refractivity (Wildman–Crippen MR) is 77.3 cm³/mol. The summed E-state index contributed by atoms with van der Waals surface area (Å²) in [5, 5.41) is 3.99. The van der Waals surface area contributed by atoms with E-state index in [0.717, 1.165) is 15.6 Å². The monoisotopic (exact) mass is 278 g/mol. The smallest absolute Gasteiger partial charge is 0.268 e. The molecule has 1 unspecified atom stereocenters. The third kappa shape index (κ3) is 2.78. The minimum Gasteiger partial charge on any atom is -0.397 e. The number of nitrogen functional groups attached to an aromatic ring is 1. The first-order valence-corrected chi connectivity index (χ1v) is 6.86. The molecular weight excluding hydrogens is 260 g/mol. The average Bonchev–Trinajstić information content (AvgIpc) is 2.81. The first-order valence-electron chi connectivity index (χ1n) is 6.05. The lowest BCUT2D eigenvalue weighted by atomic mass is 10.2. The van der Waals surface area contributed by atoms with Crippen LogP contribution in [0.3, 0.4) is 0 Å². The van der Waals surface area contributed by atoms with Crippen LogP contribution in [0.25, 0.3) is 0 Å². The third-order valence-electron chi connectivity index (χ3n) is 2.94. The van der Waals surface area contributed by atoms with Gasteiger partial charge in [0.2, 0.25) is 0 Å². The molecule has 0 fully saturated rings. The van der Waals surface area contributed by atoms with Crippen LogP contribution in [-0.2, 0) is 7.05 Å². The fourth-order valence-corrected chi connectivity index (χ4v) is 3.03. The molecule has 1 atom stereocenters. The molecule has 2 heterocycles. The molecule has 102 valence electrons. The molecule has 2 aromatic heterocycles. The van der Waals surface area contributed by atoms with Crippen LogP contribution in [0.4, 0.5) is 5.69 Å². The molecule has 0 aliphatic rings. The van der Waals surface area contributed by atoms with E-state index in [1.165, 1.54) is 0 Å². The normalized spacial score (nSPS) is 12.4. The molecule has 3 N–H and O–H groups in total. The van der Waals surface area contributed by atoms with Crippen molar-refractivity contribution in [3.63, 3.8) is 0 Å². The van der Waals surface area contributed by atoms with E-state index >= 15 is 0 Å². The number of thiazole rings is 1. The number of rotatable bonds is 3. The standard InChI is InChI=1S/C13H18N4OS/c1-7-12(19-9(3)15-7)8(2)16-13(18)11-5-10(14)6-17(11)4/h5-6,8H,14H2,1-4H3,(H,16,18). The fourth-order valence-electron chi connectivity index (χ4n) is 2.10. The van der Waals surface area contributed by atoms with Gasteiger partial charge in [0.05, 0.1) is 22.4 Å². The summed E-state index contributed by atoms with van der Waals surface area (Å²) in [5.74, 6) is -0.128. The summed E-state index contributed by atoms with van der Waals surface area (Å²) in [6.45, 7) is 5.89. The van der Waals surface area contributed by atoms with Crippen LogP contribution in [0.2, 0.25) is 0 Å². The number of hydrogen-bond acceptors (Lipinski definition) is 4. The number of carbonyl (C=O) groups is 1. The fraction of sp³-hybridized carbons (Fsp3) is 0.385. The highest BCUT2D eigenvalue weighted by Gasteiger charge is 2.18. The molecule has 0 saturated carbocycles. The predicted octanol–water partition coefficient (Wildman–Crippen LogP) is 2.17. The number of nitrogens with zero attached hydrogens (tertiary/aromatic N) is 2. The maximum Gasteiger partial charge on any atom is 0.268 e. The average molecular weight is 278 g/mol. The Labute approximate surface area is 116 Å². The molecule has 0 spiro atoms. The van der Waals surface area contributed by atoms with Crippen molar-refractivity contribution in [3.05, 3.63) is 33.5 Å². The highest BCUT2D eigenvalue weighted by molar-refractivity contribution is 7.11. The second-order valence-electron chi connectivity index (χ2n) is 4.65. The molecule has 0 bridgehead atoms. The van der Waals surface area contributed by atoms with Crippen LogP contribution in [0, 0.1) is 13.8 Å². The van der Waals surface area contributed by atoms with Gasteiger partial charge in [0.25, 0.3) is 5.91 Å². The lowest BCUT2D eigenvalue weighted by Gasteiger charge is -2.13. The molecule has 0 radical (unpaired) electrons. The maximum absolute atomic E-state index is 12.2. The molecule has 1 amide bonds. The van der Waals surface area contributed by atoms with Crippen molar-refractivity contribution in [1.29, 1.82) is 0 Å². The largest absolute Gasteiger partial charge is 0.397 e. The van der Waals surface area contributed by atoms with Crippen LogP contribution < -0.4 is 11.1 Å². The minimum absolute atomic E-state index is 0.0603. The SMILES string of the molecule is Cc1nc(C)c(C(C)NC(=O)c2cc(N)cn2C)s1. The molecule has 0 aliphatic carbocycles. The van der Waals surface area contributed by atoms with Crippen LogP contribution in [0.1, 0.15) is 39.0 Å². The zero-order valence-corrected chi connectivity index (χ0v) is 12.3. The molecule has 2 rings (SSSR count). The second kappa shape index (κ2) is 5.05. The number of carbonyl (C=O) groups excluding carboxylic acids is 1. The Bertz CT molecular complexity index is 614. The highest BCUT2D eigenvalue weighted by atomic mass is 32.1. The van der Waals surface area contributed by atoms with Gasteiger partial charge in [-0.2, -0.15) is 0 Å². The lowest BCUT2D eigenvalue weighted by molar-refractivity contribution is 0.0932. The van der Waals surface area contributed by atoms with Gasteiger partial charge in [-0.25, -0.2) is 4.98 Å². The summed E-state index contributed by atoms with van der Waals surface area (Å²) < 4.78 is 1.72. The second-order valence-corrected chi connectivity index (χ2v) is 5.88. The molecule has 0 aliphatic heterocycles. The molecule has 5 nitrogen and oxygen atoms in total. The lowest BCUT2D eigenvalue weighted by Crippen LogP contribution is -2.28. The van der Waals surface area contributed by atoms with Gasteiger partial charge in [0, 0.05) is 18.1 Å². The zero-order valence-electron chi connectivity index (χ0n) is 11.5. The Morgan fingerprint density at radius 3 is 2.68 bits per heavy atom. The van der Waals surface area contributed by atoms with Crippen LogP contribution >= 0.6 is 11.3 Å². The quantitative estimate of drug-likeness (QED) is 0.903. The highest BCUT2D eigenvalue weighted by Crippen LogP contribution is 2.24. The number of nitrogens with two attached hydrogens (primary N) is 1. The number of anilines is 1. The maximum atomic E-state index is 12.2. The van der Waals surface area contributed by atoms with E-state index in [-0.39, 0.29) is 11.9 Å². The third-order valence-corrected chi connectivity index (χ3v) is 4.19. The molecular formula is C13H18N4OS. The molecule has 0 saturated heterocycles. The number of amides is 1. The van der Waals surface area contributed by atoms with Crippen molar-refractivity contribution in [2.45, 2.75) is 26.8 Å². The summed E-state index contributed by atoms with van der Waals surface area (Å²) in [5.41, 5.74) is 7.80. The number of aryl methyl sites for hydroxylation is 3. The van der Waals surface area contributed by atoms with Crippen molar-refractivity contribution in [3.8, 4) is 0 Å². The zero-order chi connectivity index (χ0) is 14.2. The van der Waals surface area contributed by atoms with Gasteiger partial charge in [-0.15, -0.1) is 11.3 Å². The number of nitrogens with one attached hydrogen (secondary N) is 1. The van der Waals surface area contributed by atoms with Crippen molar-refractivity contribution in [2.24, 2.45) is 7.05 Å². The van der Waals surface area contributed by atoms with Gasteiger partial charge in [0.1, 0.15) is 5.69 Å². The van der Waals surface area contributed by atoms with Gasteiger partial charge < -0.3 is 15.6 Å². The molecule has 0 aromatic carbocycles. The van der Waals surface area contributed by atoms with Gasteiger partial charge in [-0.1, -0.05) is 0 Å². The number of aromatic nitrogens is 2. The first-order chi connectivity index (χ1) is 8.88. The van der Waals surface area contributed by atoms with Crippen molar-refractivity contribution in [1.82, 2.24) is 14.9 Å². The Kier molecular flexibility index (Phi) is 3.61. The summed E-state index contributed by atoms with van der Waals surface area (Å²) in [4.78, 5) is 17.6. The van der Waals surface area contributed by atoms with Crippen LogP contribution in [-0.4, -0.2) is 15.5 Å². The minimum atomic E-state index is -0.128. The molecule has 19 heavy (non-hydrogen) atoms. The van der Waals surface area contributed by atoms with E-state index in [9.17, 15) is 4.79 Å². The van der Waals surface area contributed by atoms with Crippen LogP contribution in [0.5, 0.6) is 0 Å². The van der Waals surface area contributed by atoms with E-state index in [1.807, 2.05) is 20.8 Å². The Morgan fingerprint density at radius 1 is 1.53 bits per heavy atom. The Morgan fingerprint density at radius 2 is 2.21 bits per heavy atom. The van der Waals surface area contributed by atoms with E-state index in [1.54, 1.807) is 35.2 Å². The summed E-state index contributed by atoms with van der Waals surface area (Å²) in [6.07, 6.45) is 1.72. The van der Waals surface area contributed by atoms with Gasteiger partial charge in [-0.3, -0.25) is 4.79 Å². The Balaban J connectivity index is 2.15. The van der Waals surface area contributed by atoms with Crippen molar-refractivity contribution < 1.29 is 4.79 Å². The van der Waals surface area contributed by atoms with Crippen LogP contribution in [0.15, 0.2) is 12.3 Å². The van der Waals surface area contributed by atoms with Gasteiger partial charge in [0.15, 0.2) is 0 Å². The molecule has 2 aromatic rings. The van der Waals surface area contributed by atoms with Gasteiger partial charge >= 0.3 is 0 Å². The Hall–Kier alpha value is -1.82. The summed E-state index contributed by atoms with van der Waals surface area (Å²) in [7, 11) is 1.80. The first kappa shape index (κ1) is 13.6. The van der Waals surface area contributed by atoms with Crippen molar-refractivity contribution in [2.75, 3.05) is 5.73 Å². The van der Waals surface area contributed by atoms with Crippen molar-refractivity contribution >= 4 is 22.9 Å². The van der Waals surface area contributed by atoms with E-state index in [2.05, 4.69) is 10.3 Å². The van der Waals surface area contributed by atoms with E-state index in [4.69, 9.17) is 5.73 Å². The summed E-state index contributed by atoms with van der Waals surface area (Å²) >= 11 is 1.61. The summed E-state index contributed by atoms with van der Waals surface area (Å²) in [6, 6.07) is 1.61. The van der Waals surface area contributed by atoms with Gasteiger partial charge in [-0.05, 0) is 26.8 Å². The van der Waals surface area contributed by atoms with E-state index in [0.29, 0.717) is 11.4 Å². The molecule has 6 heteroatoms. The topological polar surface area (TPSA) is 72.9 Å². The number of hydrogen-bond donors (Lipinski definition) is 2. The van der Waals surface area contributed by atoms with E-state index < -0.39 is 0 Å².